The van der Waals surface area contributed by atoms with Gasteiger partial charge in [0.2, 0.25) is 5.52 Å². The summed E-state index contributed by atoms with van der Waals surface area (Å²) in [4.78, 5) is 11.2. The van der Waals surface area contributed by atoms with Gasteiger partial charge < -0.3 is 9.05 Å². The van der Waals surface area contributed by atoms with Crippen LogP contribution in [0.3, 0.4) is 0 Å². The molecule has 0 saturated heterocycles. The van der Waals surface area contributed by atoms with Crippen LogP contribution in [-0.4, -0.2) is 19.7 Å². The molecule has 0 aromatic carbocycles. The number of unbranched alkanes of at least 4 members (excludes halogenated alkanes) is 1. The SMILES string of the molecule is CCCCC(=O)P(=O)(OC)OC. The Morgan fingerprint density at radius 2 is 1.83 bits per heavy atom. The highest BCUT2D eigenvalue weighted by Gasteiger charge is 2.30. The molecular weight excluding hydrogens is 179 g/mol. The molecule has 12 heavy (non-hydrogen) atoms. The molecule has 0 fully saturated rings. The molecule has 4 nitrogen and oxygen atoms in total. The lowest BCUT2D eigenvalue weighted by Crippen LogP contribution is -2.02. The van der Waals surface area contributed by atoms with Gasteiger partial charge in [0.25, 0.3) is 0 Å². The van der Waals surface area contributed by atoms with E-state index >= 15 is 0 Å². The molecule has 72 valence electrons. The Bertz CT molecular complexity index is 182. The quantitative estimate of drug-likeness (QED) is 0.608. The van der Waals surface area contributed by atoms with E-state index in [9.17, 15) is 9.36 Å². The molecule has 0 aromatic heterocycles. The van der Waals surface area contributed by atoms with Gasteiger partial charge in [0.05, 0.1) is 0 Å². The van der Waals surface area contributed by atoms with Crippen LogP contribution in [0.4, 0.5) is 0 Å². The zero-order valence-electron chi connectivity index (χ0n) is 7.70. The van der Waals surface area contributed by atoms with E-state index in [0.29, 0.717) is 0 Å². The Kier molecular flexibility index (Phi) is 5.38. The molecule has 0 aliphatic rings. The fourth-order valence-electron chi connectivity index (χ4n) is 0.743. The first kappa shape index (κ1) is 11.8. The van der Waals surface area contributed by atoms with E-state index in [-0.39, 0.29) is 6.42 Å². The van der Waals surface area contributed by atoms with E-state index in [1.54, 1.807) is 0 Å². The fraction of sp³-hybridized carbons (Fsp3) is 0.857. The van der Waals surface area contributed by atoms with Gasteiger partial charge in [0.15, 0.2) is 0 Å². The second kappa shape index (κ2) is 5.46. The number of hydrogen-bond acceptors (Lipinski definition) is 4. The predicted octanol–water partition coefficient (Wildman–Crippen LogP) is 2.19. The Hall–Kier alpha value is -0.180. The third-order valence-corrected chi connectivity index (χ3v) is 3.33. The van der Waals surface area contributed by atoms with Crippen LogP contribution in [0.15, 0.2) is 0 Å². The van der Waals surface area contributed by atoms with E-state index in [1.807, 2.05) is 6.92 Å². The maximum atomic E-state index is 11.4. The van der Waals surface area contributed by atoms with Gasteiger partial charge in [-0.25, -0.2) is 0 Å². The molecule has 0 atom stereocenters. The Morgan fingerprint density at radius 3 is 2.17 bits per heavy atom. The van der Waals surface area contributed by atoms with Gasteiger partial charge in [0, 0.05) is 20.6 Å². The lowest BCUT2D eigenvalue weighted by molar-refractivity contribution is -0.113. The first-order valence-electron chi connectivity index (χ1n) is 3.85. The number of carbonyl (C=O) groups is 1. The lowest BCUT2D eigenvalue weighted by atomic mass is 10.3. The van der Waals surface area contributed by atoms with Crippen molar-refractivity contribution < 1.29 is 18.4 Å². The maximum Gasteiger partial charge on any atom is 0.396 e. The lowest BCUT2D eigenvalue weighted by Gasteiger charge is -2.10. The molecule has 0 spiro atoms. The van der Waals surface area contributed by atoms with E-state index in [0.717, 1.165) is 12.8 Å². The summed E-state index contributed by atoms with van der Waals surface area (Å²) in [6, 6.07) is 0. The van der Waals surface area contributed by atoms with Crippen molar-refractivity contribution in [2.24, 2.45) is 0 Å². The largest absolute Gasteiger partial charge is 0.396 e. The molecule has 0 aromatic rings. The number of carbonyl (C=O) groups excluding carboxylic acids is 1. The summed E-state index contributed by atoms with van der Waals surface area (Å²) in [5, 5.41) is 0. The van der Waals surface area contributed by atoms with Crippen LogP contribution in [-0.2, 0) is 18.4 Å². The molecule has 0 radical (unpaired) electrons. The van der Waals surface area contributed by atoms with E-state index < -0.39 is 13.1 Å². The van der Waals surface area contributed by atoms with Gasteiger partial charge in [0.1, 0.15) is 0 Å². The highest BCUT2D eigenvalue weighted by molar-refractivity contribution is 7.71. The Labute approximate surface area is 72.8 Å². The van der Waals surface area contributed by atoms with Crippen molar-refractivity contribution in [3.05, 3.63) is 0 Å². The second-order valence-electron chi connectivity index (χ2n) is 2.36. The zero-order chi connectivity index (χ0) is 9.61. The van der Waals surface area contributed by atoms with Crippen molar-refractivity contribution in [1.29, 1.82) is 0 Å². The van der Waals surface area contributed by atoms with Gasteiger partial charge >= 0.3 is 7.60 Å². The molecule has 0 heterocycles. The summed E-state index contributed by atoms with van der Waals surface area (Å²) < 4.78 is 20.4. The highest BCUT2D eigenvalue weighted by Crippen LogP contribution is 2.48. The summed E-state index contributed by atoms with van der Waals surface area (Å²) in [6.07, 6.45) is 1.87. The predicted molar refractivity (Wildman–Crippen MR) is 46.2 cm³/mol. The van der Waals surface area contributed by atoms with Crippen LogP contribution in [0.2, 0.25) is 0 Å². The van der Waals surface area contributed by atoms with Crippen LogP contribution >= 0.6 is 7.60 Å². The molecule has 0 unspecified atom stereocenters. The van der Waals surface area contributed by atoms with Crippen LogP contribution in [0, 0.1) is 0 Å². The minimum absolute atomic E-state index is 0.259. The molecule has 0 saturated carbocycles. The molecule has 0 amide bonds. The average molecular weight is 194 g/mol. The summed E-state index contributed by atoms with van der Waals surface area (Å²) in [5.74, 6) is 0. The Balaban J connectivity index is 4.14. The summed E-state index contributed by atoms with van der Waals surface area (Å²) in [6.45, 7) is 1.96. The first-order chi connectivity index (χ1) is 5.60. The molecule has 0 rings (SSSR count). The molecule has 0 aliphatic heterocycles. The smallest absolute Gasteiger partial charge is 0.307 e. The van der Waals surface area contributed by atoms with Gasteiger partial charge in [-0.1, -0.05) is 13.3 Å². The summed E-state index contributed by atoms with van der Waals surface area (Å²) in [7, 11) is -1.01. The van der Waals surface area contributed by atoms with Gasteiger partial charge in [-0.15, -0.1) is 0 Å². The van der Waals surface area contributed by atoms with Gasteiger partial charge in [-0.05, 0) is 6.42 Å². The van der Waals surface area contributed by atoms with Crippen LogP contribution < -0.4 is 0 Å². The topological polar surface area (TPSA) is 52.6 Å². The third-order valence-electron chi connectivity index (χ3n) is 1.53. The van der Waals surface area contributed by atoms with Crippen LogP contribution in [0.25, 0.3) is 0 Å². The van der Waals surface area contributed by atoms with Gasteiger partial charge in [-0.3, -0.25) is 9.36 Å². The molecule has 0 aliphatic carbocycles. The molecule has 0 bridgehead atoms. The Morgan fingerprint density at radius 1 is 1.33 bits per heavy atom. The monoisotopic (exact) mass is 194 g/mol. The molecular formula is C7H15O4P. The minimum atomic E-state index is -3.44. The van der Waals surface area contributed by atoms with Crippen molar-refractivity contribution in [2.45, 2.75) is 26.2 Å². The van der Waals surface area contributed by atoms with Crippen LogP contribution in [0.1, 0.15) is 26.2 Å². The summed E-state index contributed by atoms with van der Waals surface area (Å²) >= 11 is 0. The molecule has 5 heteroatoms. The molecule has 0 N–H and O–H groups in total. The third kappa shape index (κ3) is 3.05. The van der Waals surface area contributed by atoms with Crippen molar-refractivity contribution >= 4 is 13.1 Å². The zero-order valence-corrected chi connectivity index (χ0v) is 8.60. The summed E-state index contributed by atoms with van der Waals surface area (Å²) in [5.41, 5.74) is -0.436. The van der Waals surface area contributed by atoms with Crippen molar-refractivity contribution in [3.63, 3.8) is 0 Å². The van der Waals surface area contributed by atoms with E-state index in [4.69, 9.17) is 0 Å². The maximum absolute atomic E-state index is 11.4. The van der Waals surface area contributed by atoms with Crippen molar-refractivity contribution in [3.8, 4) is 0 Å². The second-order valence-corrected chi connectivity index (χ2v) is 4.58. The van der Waals surface area contributed by atoms with Crippen molar-refractivity contribution in [1.82, 2.24) is 0 Å². The van der Waals surface area contributed by atoms with Crippen molar-refractivity contribution in [2.75, 3.05) is 14.2 Å². The minimum Gasteiger partial charge on any atom is -0.307 e. The highest BCUT2D eigenvalue weighted by atomic mass is 31.2. The standard InChI is InChI=1S/C7H15O4P/c1-4-5-6-7(8)12(9,10-2)11-3/h4-6H2,1-3H3. The van der Waals surface area contributed by atoms with Gasteiger partial charge in [-0.2, -0.15) is 0 Å². The van der Waals surface area contributed by atoms with Crippen LogP contribution in [0.5, 0.6) is 0 Å². The average Bonchev–Trinajstić information content (AvgIpc) is 2.12. The number of rotatable bonds is 6. The van der Waals surface area contributed by atoms with E-state index in [1.165, 1.54) is 14.2 Å². The first-order valence-corrected chi connectivity index (χ1v) is 5.40. The number of hydrogen-bond donors (Lipinski definition) is 0. The van der Waals surface area contributed by atoms with E-state index in [2.05, 4.69) is 9.05 Å². The normalized spacial score (nSPS) is 11.6. The fourth-order valence-corrected chi connectivity index (χ4v) is 1.73.